The van der Waals surface area contributed by atoms with Gasteiger partial charge in [-0.1, -0.05) is 26.0 Å². The van der Waals surface area contributed by atoms with E-state index in [9.17, 15) is 0 Å². The van der Waals surface area contributed by atoms with Crippen LogP contribution in [0.25, 0.3) is 0 Å². The van der Waals surface area contributed by atoms with Crippen LogP contribution in [0.3, 0.4) is 0 Å². The van der Waals surface area contributed by atoms with Crippen LogP contribution in [0.1, 0.15) is 31.5 Å². The minimum Gasteiger partial charge on any atom is -0.354 e. The number of rotatable bonds is 6. The van der Waals surface area contributed by atoms with Gasteiger partial charge in [-0.25, -0.2) is 4.98 Å². The smallest absolute Gasteiger partial charge is 0.224 e. The van der Waals surface area contributed by atoms with Gasteiger partial charge >= 0.3 is 0 Å². The molecule has 2 N–H and O–H groups in total. The normalized spacial score (nSPS) is 10.7. The molecule has 2 rings (SSSR count). The number of nitrogens with zero attached hydrogens (tertiary/aromatic N) is 2. The van der Waals surface area contributed by atoms with Gasteiger partial charge in [0, 0.05) is 24.0 Å². The summed E-state index contributed by atoms with van der Waals surface area (Å²) < 4.78 is 0. The van der Waals surface area contributed by atoms with Crippen LogP contribution in [0.5, 0.6) is 0 Å². The lowest BCUT2D eigenvalue weighted by atomic mass is 10.1. The van der Waals surface area contributed by atoms with Crippen molar-refractivity contribution in [2.75, 3.05) is 17.2 Å². The number of nitrogens with one attached hydrogen (secondary N) is 2. The van der Waals surface area contributed by atoms with Crippen molar-refractivity contribution in [3.8, 4) is 0 Å². The molecule has 1 aromatic carbocycles. The summed E-state index contributed by atoms with van der Waals surface area (Å²) in [7, 11) is 0. The first-order chi connectivity index (χ1) is 10.0. The molecular formula is C17H24N4. The number of aryl methyl sites for hydroxylation is 2. The highest BCUT2D eigenvalue weighted by atomic mass is 15.1. The largest absolute Gasteiger partial charge is 0.354 e. The molecule has 0 aliphatic carbocycles. The van der Waals surface area contributed by atoms with Crippen LogP contribution in [-0.4, -0.2) is 16.5 Å². The second-order valence-electron chi connectivity index (χ2n) is 5.82. The lowest BCUT2D eigenvalue weighted by molar-refractivity contribution is 0.606. The summed E-state index contributed by atoms with van der Waals surface area (Å²) in [5, 5.41) is 6.63. The maximum Gasteiger partial charge on any atom is 0.224 e. The van der Waals surface area contributed by atoms with Gasteiger partial charge in [0.1, 0.15) is 5.82 Å². The van der Waals surface area contributed by atoms with E-state index in [4.69, 9.17) is 0 Å². The number of aromatic nitrogens is 2. The molecule has 0 atom stereocenters. The fourth-order valence-corrected chi connectivity index (χ4v) is 2.05. The SMILES string of the molecule is Cc1cccc(Nc2cc(C)nc(NCCC(C)C)n2)c1. The van der Waals surface area contributed by atoms with Crippen molar-refractivity contribution < 1.29 is 0 Å². The summed E-state index contributed by atoms with van der Waals surface area (Å²) in [6, 6.07) is 10.2. The summed E-state index contributed by atoms with van der Waals surface area (Å²) in [5.74, 6) is 2.18. The van der Waals surface area contributed by atoms with Crippen molar-refractivity contribution in [1.82, 2.24) is 9.97 Å². The first kappa shape index (κ1) is 15.3. The summed E-state index contributed by atoms with van der Waals surface area (Å²) in [4.78, 5) is 8.95. The topological polar surface area (TPSA) is 49.8 Å². The van der Waals surface area contributed by atoms with Gasteiger partial charge < -0.3 is 10.6 Å². The van der Waals surface area contributed by atoms with Crippen molar-refractivity contribution in [2.24, 2.45) is 5.92 Å². The summed E-state index contributed by atoms with van der Waals surface area (Å²) in [6.07, 6.45) is 1.11. The van der Waals surface area contributed by atoms with E-state index in [0.29, 0.717) is 11.9 Å². The van der Waals surface area contributed by atoms with Gasteiger partial charge in [0.15, 0.2) is 0 Å². The Hall–Kier alpha value is -2.10. The van der Waals surface area contributed by atoms with E-state index in [1.54, 1.807) is 0 Å². The zero-order valence-corrected chi connectivity index (χ0v) is 13.3. The molecule has 21 heavy (non-hydrogen) atoms. The molecule has 2 aromatic rings. The molecular weight excluding hydrogens is 260 g/mol. The molecule has 0 aliphatic rings. The van der Waals surface area contributed by atoms with Gasteiger partial charge in [0.2, 0.25) is 5.95 Å². The standard InChI is InChI=1S/C17H24N4/c1-12(2)8-9-18-17-19-14(4)11-16(21-17)20-15-7-5-6-13(3)10-15/h5-7,10-12H,8-9H2,1-4H3,(H2,18,19,20,21). The lowest BCUT2D eigenvalue weighted by Crippen LogP contribution is -2.09. The Balaban J connectivity index is 2.07. The maximum absolute atomic E-state index is 4.52. The average molecular weight is 284 g/mol. The first-order valence-electron chi connectivity index (χ1n) is 7.46. The van der Waals surface area contributed by atoms with E-state index in [2.05, 4.69) is 53.5 Å². The molecule has 4 heteroatoms. The number of hydrogen-bond acceptors (Lipinski definition) is 4. The van der Waals surface area contributed by atoms with Crippen molar-refractivity contribution in [3.63, 3.8) is 0 Å². The molecule has 1 aromatic heterocycles. The predicted octanol–water partition coefficient (Wildman–Crippen LogP) is 4.30. The number of hydrogen-bond donors (Lipinski definition) is 2. The summed E-state index contributed by atoms with van der Waals surface area (Å²) in [6.45, 7) is 9.38. The highest BCUT2D eigenvalue weighted by molar-refractivity contribution is 5.58. The van der Waals surface area contributed by atoms with Gasteiger partial charge in [0.05, 0.1) is 0 Å². The molecule has 0 unspecified atom stereocenters. The monoisotopic (exact) mass is 284 g/mol. The third-order valence-electron chi connectivity index (χ3n) is 3.15. The van der Waals surface area contributed by atoms with Crippen molar-refractivity contribution in [1.29, 1.82) is 0 Å². The molecule has 0 amide bonds. The molecule has 0 radical (unpaired) electrons. The average Bonchev–Trinajstić information content (AvgIpc) is 2.37. The summed E-state index contributed by atoms with van der Waals surface area (Å²) in [5.41, 5.74) is 3.22. The van der Waals surface area contributed by atoms with Crippen LogP contribution in [0.15, 0.2) is 30.3 Å². The van der Waals surface area contributed by atoms with Gasteiger partial charge in [-0.05, 0) is 43.9 Å². The molecule has 1 heterocycles. The van der Waals surface area contributed by atoms with E-state index in [-0.39, 0.29) is 0 Å². The van der Waals surface area contributed by atoms with Crippen molar-refractivity contribution in [2.45, 2.75) is 34.1 Å². The Morgan fingerprint density at radius 2 is 1.90 bits per heavy atom. The van der Waals surface area contributed by atoms with Crippen LogP contribution < -0.4 is 10.6 Å². The fourth-order valence-electron chi connectivity index (χ4n) is 2.05. The minimum atomic E-state index is 0.673. The van der Waals surface area contributed by atoms with E-state index in [1.165, 1.54) is 5.56 Å². The van der Waals surface area contributed by atoms with Gasteiger partial charge in [-0.3, -0.25) is 0 Å². The lowest BCUT2D eigenvalue weighted by Gasteiger charge is -2.11. The van der Waals surface area contributed by atoms with Crippen LogP contribution in [0.4, 0.5) is 17.5 Å². The first-order valence-corrected chi connectivity index (χ1v) is 7.46. The molecule has 0 aliphatic heterocycles. The Morgan fingerprint density at radius 3 is 2.62 bits per heavy atom. The molecule has 0 fully saturated rings. The number of anilines is 3. The zero-order chi connectivity index (χ0) is 15.2. The molecule has 0 spiro atoms. The minimum absolute atomic E-state index is 0.673. The van der Waals surface area contributed by atoms with Crippen LogP contribution >= 0.6 is 0 Å². The van der Waals surface area contributed by atoms with Crippen LogP contribution in [0, 0.1) is 19.8 Å². The second kappa shape index (κ2) is 7.07. The van der Waals surface area contributed by atoms with E-state index >= 15 is 0 Å². The molecule has 0 saturated carbocycles. The maximum atomic E-state index is 4.52. The highest BCUT2D eigenvalue weighted by Gasteiger charge is 2.03. The molecule has 0 saturated heterocycles. The van der Waals surface area contributed by atoms with Crippen molar-refractivity contribution >= 4 is 17.5 Å². The Labute approximate surface area is 127 Å². The van der Waals surface area contributed by atoms with Crippen LogP contribution in [0.2, 0.25) is 0 Å². The molecule has 0 bridgehead atoms. The Morgan fingerprint density at radius 1 is 1.10 bits per heavy atom. The quantitative estimate of drug-likeness (QED) is 0.830. The number of benzene rings is 1. The molecule has 4 nitrogen and oxygen atoms in total. The van der Waals surface area contributed by atoms with Crippen molar-refractivity contribution in [3.05, 3.63) is 41.6 Å². The Kier molecular flexibility index (Phi) is 5.14. The zero-order valence-electron chi connectivity index (χ0n) is 13.3. The van der Waals surface area contributed by atoms with E-state index < -0.39 is 0 Å². The van der Waals surface area contributed by atoms with Gasteiger partial charge in [-0.15, -0.1) is 0 Å². The van der Waals surface area contributed by atoms with Gasteiger partial charge in [0.25, 0.3) is 0 Å². The van der Waals surface area contributed by atoms with Crippen LogP contribution in [-0.2, 0) is 0 Å². The van der Waals surface area contributed by atoms with E-state index in [0.717, 1.165) is 30.2 Å². The van der Waals surface area contributed by atoms with E-state index in [1.807, 2.05) is 25.1 Å². The third-order valence-corrected chi connectivity index (χ3v) is 3.15. The highest BCUT2D eigenvalue weighted by Crippen LogP contribution is 2.17. The summed E-state index contributed by atoms with van der Waals surface area (Å²) >= 11 is 0. The third kappa shape index (κ3) is 5.06. The predicted molar refractivity (Wildman–Crippen MR) is 89.2 cm³/mol. The Bertz CT molecular complexity index is 593. The van der Waals surface area contributed by atoms with Gasteiger partial charge in [-0.2, -0.15) is 4.98 Å². The fraction of sp³-hybridized carbons (Fsp3) is 0.412. The second-order valence-corrected chi connectivity index (χ2v) is 5.82. The molecule has 112 valence electrons.